The molecule has 0 bridgehead atoms. The van der Waals surface area contributed by atoms with Gasteiger partial charge in [-0.15, -0.1) is 0 Å². The normalized spacial score (nSPS) is 14.9. The third-order valence-corrected chi connectivity index (χ3v) is 8.13. The fourth-order valence-corrected chi connectivity index (χ4v) is 5.22. The number of rotatable bonds is 6. The molecule has 9 heteroatoms. The van der Waals surface area contributed by atoms with Gasteiger partial charge < -0.3 is 4.57 Å². The maximum atomic E-state index is 14.2. The van der Waals surface area contributed by atoms with E-state index in [2.05, 4.69) is 9.97 Å². The van der Waals surface area contributed by atoms with Crippen molar-refractivity contribution in [2.24, 2.45) is 7.05 Å². The average Bonchev–Trinajstić information content (AvgIpc) is 3.61. The molecule has 1 saturated carbocycles. The quantitative estimate of drug-likeness (QED) is 0.379. The van der Waals surface area contributed by atoms with E-state index in [0.717, 1.165) is 23.8 Å². The predicted octanol–water partition coefficient (Wildman–Crippen LogP) is 5.36. The van der Waals surface area contributed by atoms with Crippen LogP contribution in [-0.4, -0.2) is 33.7 Å². The lowest BCUT2D eigenvalue weighted by atomic mass is 10.0. The van der Waals surface area contributed by atoms with Gasteiger partial charge in [0.1, 0.15) is 11.4 Å². The van der Waals surface area contributed by atoms with Crippen LogP contribution in [-0.2, 0) is 22.8 Å². The van der Waals surface area contributed by atoms with E-state index in [1.807, 2.05) is 18.2 Å². The molecule has 3 heterocycles. The van der Waals surface area contributed by atoms with Crippen LogP contribution < -0.4 is 0 Å². The Labute approximate surface area is 190 Å². The number of sulfone groups is 1. The summed E-state index contributed by atoms with van der Waals surface area (Å²) in [7, 11) is -1.92. The fourth-order valence-electron chi connectivity index (χ4n) is 4.18. The van der Waals surface area contributed by atoms with Gasteiger partial charge in [-0.1, -0.05) is 26.0 Å². The smallest absolute Gasteiger partial charge is 0.289 e. The molecule has 33 heavy (non-hydrogen) atoms. The van der Waals surface area contributed by atoms with Crippen LogP contribution >= 0.6 is 0 Å². The molecule has 0 radical (unpaired) electrons. The van der Waals surface area contributed by atoms with Crippen molar-refractivity contribution in [1.29, 1.82) is 0 Å². The second-order valence-electron chi connectivity index (χ2n) is 8.54. The second kappa shape index (κ2) is 7.55. The van der Waals surface area contributed by atoms with E-state index in [-0.39, 0.29) is 28.5 Å². The summed E-state index contributed by atoms with van der Waals surface area (Å²) >= 11 is 0. The average molecular weight is 471 g/mol. The van der Waals surface area contributed by atoms with E-state index in [4.69, 9.17) is 4.98 Å². The summed E-state index contributed by atoms with van der Waals surface area (Å²) in [6, 6.07) is 8.79. The van der Waals surface area contributed by atoms with Crippen LogP contribution in [0.25, 0.3) is 33.5 Å². The Kier molecular flexibility index (Phi) is 5.00. The molecule has 1 aliphatic carbocycles. The number of alkyl halides is 2. The molecule has 1 fully saturated rings. The van der Waals surface area contributed by atoms with Gasteiger partial charge in [0.2, 0.25) is 0 Å². The Morgan fingerprint density at radius 1 is 1.12 bits per heavy atom. The van der Waals surface area contributed by atoms with Crippen molar-refractivity contribution in [2.75, 3.05) is 5.75 Å². The minimum atomic E-state index is -3.63. The van der Waals surface area contributed by atoms with E-state index in [1.54, 1.807) is 24.6 Å². The van der Waals surface area contributed by atoms with Gasteiger partial charge in [0.25, 0.3) is 5.92 Å². The number of halogens is 2. The molecule has 5 rings (SSSR count). The summed E-state index contributed by atoms with van der Waals surface area (Å²) < 4.78 is 56.3. The van der Waals surface area contributed by atoms with Crippen molar-refractivity contribution in [1.82, 2.24) is 19.5 Å². The number of pyridine rings is 2. The summed E-state index contributed by atoms with van der Waals surface area (Å²) in [4.78, 5) is 13.3. The first-order chi connectivity index (χ1) is 15.7. The van der Waals surface area contributed by atoms with Gasteiger partial charge in [-0.25, -0.2) is 18.4 Å². The van der Waals surface area contributed by atoms with Gasteiger partial charge in [-0.3, -0.25) is 4.98 Å². The summed E-state index contributed by atoms with van der Waals surface area (Å²) in [5.74, 6) is -2.42. The van der Waals surface area contributed by atoms with Crippen molar-refractivity contribution in [2.45, 2.75) is 49.8 Å². The molecule has 0 unspecified atom stereocenters. The summed E-state index contributed by atoms with van der Waals surface area (Å²) in [6.07, 6.45) is 3.14. The summed E-state index contributed by atoms with van der Waals surface area (Å²) in [5, 5.41) is 0.834. The molecule has 1 aliphatic rings. The predicted molar refractivity (Wildman–Crippen MR) is 123 cm³/mol. The minimum absolute atomic E-state index is 0.0862. The van der Waals surface area contributed by atoms with E-state index >= 15 is 0 Å². The van der Waals surface area contributed by atoms with Gasteiger partial charge >= 0.3 is 0 Å². The Bertz CT molecular complexity index is 1510. The van der Waals surface area contributed by atoms with E-state index in [0.29, 0.717) is 28.3 Å². The second-order valence-corrected chi connectivity index (χ2v) is 10.8. The first-order valence-electron chi connectivity index (χ1n) is 11.0. The van der Waals surface area contributed by atoms with E-state index < -0.39 is 15.8 Å². The van der Waals surface area contributed by atoms with Crippen molar-refractivity contribution in [3.63, 3.8) is 0 Å². The highest BCUT2D eigenvalue weighted by Gasteiger charge is 2.32. The first-order valence-corrected chi connectivity index (χ1v) is 12.7. The molecule has 0 spiro atoms. The van der Waals surface area contributed by atoms with Crippen LogP contribution in [0.5, 0.6) is 0 Å². The molecular formula is C24H24F2N4O2S. The number of aryl methyl sites for hydroxylation is 1. The lowest BCUT2D eigenvalue weighted by Crippen LogP contribution is -2.13. The number of hydrogen-bond donors (Lipinski definition) is 0. The van der Waals surface area contributed by atoms with Gasteiger partial charge in [-0.05, 0) is 42.5 Å². The number of benzene rings is 1. The molecular weight excluding hydrogens is 446 g/mol. The Morgan fingerprint density at radius 2 is 1.88 bits per heavy atom. The maximum absolute atomic E-state index is 14.2. The van der Waals surface area contributed by atoms with E-state index in [9.17, 15) is 17.2 Å². The van der Waals surface area contributed by atoms with Crippen molar-refractivity contribution in [3.8, 4) is 11.5 Å². The highest BCUT2D eigenvalue weighted by atomic mass is 32.2. The molecule has 172 valence electrons. The largest absolute Gasteiger partial charge is 0.324 e. The Morgan fingerprint density at radius 3 is 2.55 bits per heavy atom. The zero-order valence-electron chi connectivity index (χ0n) is 18.6. The Hall–Kier alpha value is -2.94. The molecule has 0 saturated heterocycles. The van der Waals surface area contributed by atoms with Crippen LogP contribution in [0.4, 0.5) is 8.78 Å². The standard InChI is InChI=1S/C24H24F2N4O2S/c1-4-24(25,26)21-12-18-19(13-27-21)30(3)23(29-18)22-20(33(31,32)5-2)11-16-15(14-9-10-14)7-6-8-17(16)28-22/h6-8,11-14H,4-5,9-10H2,1-3H3. The van der Waals surface area contributed by atoms with Gasteiger partial charge in [0.05, 0.1) is 33.4 Å². The van der Waals surface area contributed by atoms with Crippen LogP contribution in [0, 0.1) is 0 Å². The highest BCUT2D eigenvalue weighted by Crippen LogP contribution is 2.44. The molecule has 4 aromatic rings. The van der Waals surface area contributed by atoms with Crippen molar-refractivity contribution >= 4 is 31.8 Å². The lowest BCUT2D eigenvalue weighted by Gasteiger charge is -2.13. The third kappa shape index (κ3) is 3.58. The zero-order chi connectivity index (χ0) is 23.5. The van der Waals surface area contributed by atoms with Gasteiger partial charge in [-0.2, -0.15) is 8.78 Å². The highest BCUT2D eigenvalue weighted by molar-refractivity contribution is 7.91. The molecule has 0 amide bonds. The van der Waals surface area contributed by atoms with Crippen LogP contribution in [0.3, 0.4) is 0 Å². The molecule has 3 aromatic heterocycles. The summed E-state index contributed by atoms with van der Waals surface area (Å²) in [6.45, 7) is 2.99. The fraction of sp³-hybridized carbons (Fsp3) is 0.375. The number of nitrogens with zero attached hydrogens (tertiary/aromatic N) is 4. The number of aromatic nitrogens is 4. The van der Waals surface area contributed by atoms with Crippen LogP contribution in [0.15, 0.2) is 41.4 Å². The molecule has 6 nitrogen and oxygen atoms in total. The monoisotopic (exact) mass is 470 g/mol. The number of fused-ring (bicyclic) bond motifs is 2. The minimum Gasteiger partial charge on any atom is -0.324 e. The van der Waals surface area contributed by atoms with Gasteiger partial charge in [0, 0.05) is 18.9 Å². The van der Waals surface area contributed by atoms with Crippen molar-refractivity contribution < 1.29 is 17.2 Å². The maximum Gasteiger partial charge on any atom is 0.289 e. The van der Waals surface area contributed by atoms with Crippen LogP contribution in [0.2, 0.25) is 0 Å². The molecule has 1 aromatic carbocycles. The lowest BCUT2D eigenvalue weighted by molar-refractivity contribution is -0.0126. The third-order valence-electron chi connectivity index (χ3n) is 6.39. The van der Waals surface area contributed by atoms with E-state index in [1.165, 1.54) is 19.2 Å². The number of hydrogen-bond acceptors (Lipinski definition) is 5. The SMILES string of the molecule is CCC(F)(F)c1cc2nc(-c3nc4cccc(C5CC5)c4cc3S(=O)(=O)CC)n(C)c2cn1. The molecule has 0 aliphatic heterocycles. The number of imidazole rings is 1. The molecule has 0 N–H and O–H groups in total. The molecule has 0 atom stereocenters. The van der Waals surface area contributed by atoms with Crippen LogP contribution in [0.1, 0.15) is 50.3 Å². The summed E-state index contributed by atoms with van der Waals surface area (Å²) in [5.41, 5.74) is 2.50. The van der Waals surface area contributed by atoms with Crippen molar-refractivity contribution in [3.05, 3.63) is 47.8 Å². The Balaban J connectivity index is 1.78. The topological polar surface area (TPSA) is 77.7 Å². The first kappa shape index (κ1) is 21.9. The van der Waals surface area contributed by atoms with Gasteiger partial charge in [0.15, 0.2) is 15.7 Å². The zero-order valence-corrected chi connectivity index (χ0v) is 19.5.